The second kappa shape index (κ2) is 3.98. The maximum atomic E-state index is 11.8. The van der Waals surface area contributed by atoms with Crippen molar-refractivity contribution in [2.75, 3.05) is 12.3 Å². The summed E-state index contributed by atoms with van der Waals surface area (Å²) in [6.45, 7) is 1.44. The van der Waals surface area contributed by atoms with Crippen molar-refractivity contribution in [3.8, 4) is 0 Å². The minimum absolute atomic E-state index is 0.0795. The van der Waals surface area contributed by atoms with Gasteiger partial charge in [-0.2, -0.15) is 10.1 Å². The molecule has 0 saturated carbocycles. The van der Waals surface area contributed by atoms with Gasteiger partial charge in [-0.1, -0.05) is 0 Å². The summed E-state index contributed by atoms with van der Waals surface area (Å²) in [5.41, 5.74) is 4.57. The highest BCUT2D eigenvalue weighted by atomic mass is 16.3. The van der Waals surface area contributed by atoms with E-state index in [1.54, 1.807) is 0 Å². The van der Waals surface area contributed by atoms with Gasteiger partial charge in [0, 0.05) is 0 Å². The number of hydrogen-bond acceptors (Lipinski definition) is 6. The highest BCUT2D eigenvalue weighted by molar-refractivity contribution is 5.74. The number of rotatable bonds is 2. The summed E-state index contributed by atoms with van der Waals surface area (Å²) < 4.78 is 1.29. The molecule has 17 heavy (non-hydrogen) atoms. The van der Waals surface area contributed by atoms with E-state index in [-0.39, 0.29) is 35.8 Å². The Morgan fingerprint density at radius 1 is 1.47 bits per heavy atom. The molecule has 0 aliphatic carbocycles. The van der Waals surface area contributed by atoms with E-state index in [2.05, 4.69) is 15.1 Å². The van der Waals surface area contributed by atoms with Crippen molar-refractivity contribution in [2.45, 2.75) is 13.5 Å². The van der Waals surface area contributed by atoms with Gasteiger partial charge in [0.2, 0.25) is 11.4 Å². The van der Waals surface area contributed by atoms with Gasteiger partial charge >= 0.3 is 0 Å². The third kappa shape index (κ3) is 1.78. The second-order valence-corrected chi connectivity index (χ2v) is 3.51. The zero-order chi connectivity index (χ0) is 12.6. The third-order valence-electron chi connectivity index (χ3n) is 2.30. The van der Waals surface area contributed by atoms with Crippen molar-refractivity contribution in [2.24, 2.45) is 0 Å². The summed E-state index contributed by atoms with van der Waals surface area (Å²) in [6.07, 6.45) is 0. The summed E-state index contributed by atoms with van der Waals surface area (Å²) in [6, 6.07) is 0. The molecule has 0 aromatic carbocycles. The maximum absolute atomic E-state index is 11.8. The van der Waals surface area contributed by atoms with Crippen molar-refractivity contribution in [1.82, 2.24) is 19.7 Å². The standard InChI is InChI=1S/C9H11N5O3/c1-4-6(16)5-7(14(13-4)2-3-15)11-9(10)12-8(5)17/h15H,2-3H2,1H3,(H3,10,11,12,17). The second-order valence-electron chi connectivity index (χ2n) is 3.51. The Morgan fingerprint density at radius 3 is 2.82 bits per heavy atom. The van der Waals surface area contributed by atoms with Crippen LogP contribution in [-0.4, -0.2) is 31.5 Å². The van der Waals surface area contributed by atoms with Gasteiger partial charge < -0.3 is 10.8 Å². The average molecular weight is 237 g/mol. The molecule has 0 atom stereocenters. The van der Waals surface area contributed by atoms with E-state index in [0.29, 0.717) is 0 Å². The largest absolute Gasteiger partial charge is 0.394 e. The summed E-state index contributed by atoms with van der Waals surface area (Å²) in [4.78, 5) is 29.6. The van der Waals surface area contributed by atoms with E-state index in [1.165, 1.54) is 11.6 Å². The maximum Gasteiger partial charge on any atom is 0.265 e. The van der Waals surface area contributed by atoms with Gasteiger partial charge in [-0.3, -0.25) is 14.6 Å². The number of aliphatic hydroxyl groups excluding tert-OH is 1. The zero-order valence-corrected chi connectivity index (χ0v) is 9.10. The normalized spacial score (nSPS) is 10.9. The van der Waals surface area contributed by atoms with Gasteiger partial charge in [0.25, 0.3) is 5.56 Å². The Balaban J connectivity index is 2.99. The van der Waals surface area contributed by atoms with Crippen LogP contribution in [0.3, 0.4) is 0 Å². The molecule has 0 saturated heterocycles. The van der Waals surface area contributed by atoms with Crippen LogP contribution in [0.5, 0.6) is 0 Å². The van der Waals surface area contributed by atoms with Gasteiger partial charge in [0.1, 0.15) is 11.1 Å². The number of nitrogens with two attached hydrogens (primary N) is 1. The number of anilines is 1. The molecule has 0 unspecified atom stereocenters. The van der Waals surface area contributed by atoms with Gasteiger partial charge in [-0.25, -0.2) is 4.68 Å². The molecule has 0 radical (unpaired) electrons. The lowest BCUT2D eigenvalue weighted by Gasteiger charge is -2.08. The van der Waals surface area contributed by atoms with Crippen LogP contribution in [0.15, 0.2) is 9.59 Å². The van der Waals surface area contributed by atoms with Crippen molar-refractivity contribution >= 4 is 17.0 Å². The van der Waals surface area contributed by atoms with Gasteiger partial charge in [0.05, 0.1) is 13.2 Å². The van der Waals surface area contributed by atoms with E-state index in [1.807, 2.05) is 0 Å². The lowest BCUT2D eigenvalue weighted by Crippen LogP contribution is -2.26. The molecule has 4 N–H and O–H groups in total. The Kier molecular flexibility index (Phi) is 2.64. The Morgan fingerprint density at radius 2 is 2.18 bits per heavy atom. The number of aliphatic hydroxyl groups is 1. The molecule has 0 bridgehead atoms. The fraction of sp³-hybridized carbons (Fsp3) is 0.333. The lowest BCUT2D eigenvalue weighted by molar-refractivity contribution is 0.270. The first-order valence-corrected chi connectivity index (χ1v) is 4.92. The molecule has 0 fully saturated rings. The average Bonchev–Trinajstić information content (AvgIpc) is 2.25. The molecular weight excluding hydrogens is 226 g/mol. The van der Waals surface area contributed by atoms with Crippen LogP contribution in [0.1, 0.15) is 5.69 Å². The van der Waals surface area contributed by atoms with Crippen LogP contribution in [0.4, 0.5) is 5.95 Å². The zero-order valence-electron chi connectivity index (χ0n) is 9.10. The molecule has 2 rings (SSSR count). The Hall–Kier alpha value is -2.22. The summed E-state index contributed by atoms with van der Waals surface area (Å²) in [5, 5.41) is 12.7. The first-order valence-electron chi connectivity index (χ1n) is 4.92. The number of aromatic amines is 1. The quantitative estimate of drug-likeness (QED) is 0.575. The first-order chi connectivity index (χ1) is 8.04. The van der Waals surface area contributed by atoms with Gasteiger partial charge in [-0.15, -0.1) is 0 Å². The number of H-pyrrole nitrogens is 1. The fourth-order valence-corrected chi connectivity index (χ4v) is 1.58. The predicted octanol–water partition coefficient (Wildman–Crippen LogP) is -1.64. The number of aromatic nitrogens is 4. The Bertz CT molecular complexity index is 687. The molecule has 8 heteroatoms. The van der Waals surface area contributed by atoms with Crippen molar-refractivity contribution < 1.29 is 5.11 Å². The summed E-state index contributed by atoms with van der Waals surface area (Å²) >= 11 is 0. The number of nitrogens with zero attached hydrogens (tertiary/aromatic N) is 3. The molecule has 0 spiro atoms. The van der Waals surface area contributed by atoms with Crippen LogP contribution in [0.2, 0.25) is 0 Å². The van der Waals surface area contributed by atoms with Crippen LogP contribution in [0, 0.1) is 6.92 Å². The van der Waals surface area contributed by atoms with Crippen LogP contribution >= 0.6 is 0 Å². The van der Waals surface area contributed by atoms with E-state index < -0.39 is 11.0 Å². The fourth-order valence-electron chi connectivity index (χ4n) is 1.58. The number of aryl methyl sites for hydroxylation is 1. The number of nitrogen functional groups attached to an aromatic ring is 1. The molecule has 90 valence electrons. The number of nitrogens with one attached hydrogen (secondary N) is 1. The minimum atomic E-state index is -0.602. The van der Waals surface area contributed by atoms with E-state index in [0.717, 1.165) is 0 Å². The molecule has 2 aromatic rings. The molecular formula is C9H11N5O3. The first kappa shape index (κ1) is 11.3. The van der Waals surface area contributed by atoms with Gasteiger partial charge in [-0.05, 0) is 6.92 Å². The van der Waals surface area contributed by atoms with E-state index >= 15 is 0 Å². The molecule has 2 aromatic heterocycles. The van der Waals surface area contributed by atoms with E-state index in [9.17, 15) is 9.59 Å². The topological polar surface area (TPSA) is 127 Å². The third-order valence-corrected chi connectivity index (χ3v) is 2.30. The smallest absolute Gasteiger partial charge is 0.265 e. The highest BCUT2D eigenvalue weighted by Gasteiger charge is 2.13. The SMILES string of the molecule is Cc1nn(CCO)c2nc(N)[nH]c(=O)c2c1=O. The van der Waals surface area contributed by atoms with Crippen molar-refractivity contribution in [3.63, 3.8) is 0 Å². The summed E-state index contributed by atoms with van der Waals surface area (Å²) in [7, 11) is 0. The minimum Gasteiger partial charge on any atom is -0.394 e. The molecule has 2 heterocycles. The molecule has 0 aliphatic rings. The Labute approximate surface area is 94.7 Å². The molecule has 8 nitrogen and oxygen atoms in total. The molecule has 0 aliphatic heterocycles. The van der Waals surface area contributed by atoms with Crippen LogP contribution in [-0.2, 0) is 6.54 Å². The summed E-state index contributed by atoms with van der Waals surface area (Å²) in [5.74, 6) is -0.0979. The number of fused-ring (bicyclic) bond motifs is 1. The monoisotopic (exact) mass is 237 g/mol. The lowest BCUT2D eigenvalue weighted by atomic mass is 10.3. The van der Waals surface area contributed by atoms with E-state index in [4.69, 9.17) is 10.8 Å². The van der Waals surface area contributed by atoms with Gasteiger partial charge in [0.15, 0.2) is 5.65 Å². The number of hydrogen-bond donors (Lipinski definition) is 3. The van der Waals surface area contributed by atoms with Crippen molar-refractivity contribution in [1.29, 1.82) is 0 Å². The van der Waals surface area contributed by atoms with Crippen LogP contribution < -0.4 is 16.7 Å². The predicted molar refractivity (Wildman–Crippen MR) is 60.7 cm³/mol. The highest BCUT2D eigenvalue weighted by Crippen LogP contribution is 2.03. The van der Waals surface area contributed by atoms with Crippen molar-refractivity contribution in [3.05, 3.63) is 26.3 Å². The van der Waals surface area contributed by atoms with Crippen LogP contribution in [0.25, 0.3) is 11.0 Å². The molecule has 0 amide bonds.